The second-order valence-electron chi connectivity index (χ2n) is 7.61. The Morgan fingerprint density at radius 2 is 1.78 bits per heavy atom. The van der Waals surface area contributed by atoms with Gasteiger partial charge in [0, 0.05) is 18.5 Å². The monoisotopic (exact) mass is 314 g/mol. The lowest BCUT2D eigenvalue weighted by atomic mass is 9.65. The molecule has 2 atom stereocenters. The molecule has 0 aliphatic heterocycles. The predicted octanol–water partition coefficient (Wildman–Crippen LogP) is 3.12. The minimum Gasteiger partial charge on any atom is -0.356 e. The van der Waals surface area contributed by atoms with E-state index in [4.69, 9.17) is 5.73 Å². The number of carbonyl (C=O) groups excluding carboxylic acids is 1. The second-order valence-corrected chi connectivity index (χ2v) is 7.61. The SMILES string of the molecule is Cc1cccc(C)c1CCNC(=O)C1CC2CCCC(C1)C2N. The maximum atomic E-state index is 12.5. The Bertz CT molecular complexity index is 535. The number of amides is 1. The average Bonchev–Trinajstić information content (AvgIpc) is 2.49. The summed E-state index contributed by atoms with van der Waals surface area (Å²) < 4.78 is 0. The van der Waals surface area contributed by atoms with Crippen LogP contribution in [0.5, 0.6) is 0 Å². The van der Waals surface area contributed by atoms with Crippen molar-refractivity contribution in [3.63, 3.8) is 0 Å². The molecule has 1 aromatic carbocycles. The lowest BCUT2D eigenvalue weighted by Gasteiger charge is -2.43. The molecular formula is C20H30N2O. The fourth-order valence-corrected chi connectivity index (χ4v) is 4.70. The highest BCUT2D eigenvalue weighted by molar-refractivity contribution is 5.78. The Morgan fingerprint density at radius 3 is 2.39 bits per heavy atom. The van der Waals surface area contributed by atoms with Crippen molar-refractivity contribution >= 4 is 5.91 Å². The van der Waals surface area contributed by atoms with E-state index in [0.29, 0.717) is 17.9 Å². The van der Waals surface area contributed by atoms with E-state index in [0.717, 1.165) is 25.8 Å². The number of rotatable bonds is 4. The molecule has 1 amide bonds. The average molecular weight is 314 g/mol. The topological polar surface area (TPSA) is 55.1 Å². The first-order valence-electron chi connectivity index (χ1n) is 9.14. The normalized spacial score (nSPS) is 30.0. The highest BCUT2D eigenvalue weighted by Crippen LogP contribution is 2.41. The molecule has 23 heavy (non-hydrogen) atoms. The van der Waals surface area contributed by atoms with Crippen LogP contribution in [-0.4, -0.2) is 18.5 Å². The van der Waals surface area contributed by atoms with Gasteiger partial charge in [-0.2, -0.15) is 0 Å². The highest BCUT2D eigenvalue weighted by atomic mass is 16.1. The van der Waals surface area contributed by atoms with E-state index >= 15 is 0 Å². The first-order valence-corrected chi connectivity index (χ1v) is 9.14. The highest BCUT2D eigenvalue weighted by Gasteiger charge is 2.40. The minimum absolute atomic E-state index is 0.183. The third kappa shape index (κ3) is 3.60. The molecule has 3 N–H and O–H groups in total. The van der Waals surface area contributed by atoms with Gasteiger partial charge < -0.3 is 11.1 Å². The van der Waals surface area contributed by atoms with E-state index in [9.17, 15) is 4.79 Å². The summed E-state index contributed by atoms with van der Waals surface area (Å²) in [6.45, 7) is 5.03. The van der Waals surface area contributed by atoms with E-state index < -0.39 is 0 Å². The van der Waals surface area contributed by atoms with Gasteiger partial charge in [-0.05, 0) is 74.5 Å². The Balaban J connectivity index is 1.52. The number of hydrogen-bond donors (Lipinski definition) is 2. The molecule has 0 spiro atoms. The van der Waals surface area contributed by atoms with Gasteiger partial charge in [-0.3, -0.25) is 4.79 Å². The fourth-order valence-electron chi connectivity index (χ4n) is 4.70. The van der Waals surface area contributed by atoms with Crippen molar-refractivity contribution in [1.29, 1.82) is 0 Å². The van der Waals surface area contributed by atoms with Gasteiger partial charge in [0.05, 0.1) is 0 Å². The fraction of sp³-hybridized carbons (Fsp3) is 0.650. The molecule has 126 valence electrons. The number of hydrogen-bond acceptors (Lipinski definition) is 2. The Labute approximate surface area is 140 Å². The van der Waals surface area contributed by atoms with Gasteiger partial charge in [-0.15, -0.1) is 0 Å². The Morgan fingerprint density at radius 1 is 1.17 bits per heavy atom. The molecule has 0 heterocycles. The number of carbonyl (C=O) groups is 1. The number of fused-ring (bicyclic) bond motifs is 2. The molecule has 2 bridgehead atoms. The molecular weight excluding hydrogens is 284 g/mol. The summed E-state index contributed by atoms with van der Waals surface area (Å²) in [5.41, 5.74) is 10.3. The van der Waals surface area contributed by atoms with Gasteiger partial charge >= 0.3 is 0 Å². The molecule has 2 fully saturated rings. The zero-order chi connectivity index (χ0) is 16.4. The van der Waals surface area contributed by atoms with Crippen molar-refractivity contribution in [3.8, 4) is 0 Å². The number of benzene rings is 1. The van der Waals surface area contributed by atoms with Crippen molar-refractivity contribution in [2.45, 2.75) is 58.4 Å². The van der Waals surface area contributed by atoms with Crippen LogP contribution in [0, 0.1) is 31.6 Å². The van der Waals surface area contributed by atoms with E-state index in [1.165, 1.54) is 36.0 Å². The zero-order valence-electron chi connectivity index (χ0n) is 14.5. The lowest BCUT2D eigenvalue weighted by Crippen LogP contribution is -2.49. The van der Waals surface area contributed by atoms with Gasteiger partial charge in [0.15, 0.2) is 0 Å². The van der Waals surface area contributed by atoms with Gasteiger partial charge in [-0.25, -0.2) is 0 Å². The Kier molecular flexibility index (Phi) is 5.05. The largest absolute Gasteiger partial charge is 0.356 e. The summed E-state index contributed by atoms with van der Waals surface area (Å²) in [5.74, 6) is 1.57. The number of aryl methyl sites for hydroxylation is 2. The quantitative estimate of drug-likeness (QED) is 0.897. The van der Waals surface area contributed by atoms with Crippen LogP contribution in [0.25, 0.3) is 0 Å². The van der Waals surface area contributed by atoms with Crippen LogP contribution >= 0.6 is 0 Å². The maximum absolute atomic E-state index is 12.5. The third-order valence-electron chi connectivity index (χ3n) is 6.10. The predicted molar refractivity (Wildman–Crippen MR) is 94.2 cm³/mol. The van der Waals surface area contributed by atoms with Crippen LogP contribution in [0.3, 0.4) is 0 Å². The first-order chi connectivity index (χ1) is 11.1. The summed E-state index contributed by atoms with van der Waals surface area (Å²) in [7, 11) is 0. The van der Waals surface area contributed by atoms with Gasteiger partial charge in [0.2, 0.25) is 5.91 Å². The third-order valence-corrected chi connectivity index (χ3v) is 6.10. The molecule has 2 saturated carbocycles. The zero-order valence-corrected chi connectivity index (χ0v) is 14.5. The van der Waals surface area contributed by atoms with Gasteiger partial charge in [-0.1, -0.05) is 24.6 Å². The number of nitrogens with one attached hydrogen (secondary N) is 1. The van der Waals surface area contributed by atoms with E-state index in [1.54, 1.807) is 0 Å². The summed E-state index contributed by atoms with van der Waals surface area (Å²) in [6.07, 6.45) is 6.63. The van der Waals surface area contributed by atoms with Gasteiger partial charge in [0.25, 0.3) is 0 Å². The summed E-state index contributed by atoms with van der Waals surface area (Å²) in [5, 5.41) is 3.18. The van der Waals surface area contributed by atoms with Crippen molar-refractivity contribution in [3.05, 3.63) is 34.9 Å². The van der Waals surface area contributed by atoms with Crippen molar-refractivity contribution in [2.75, 3.05) is 6.54 Å². The van der Waals surface area contributed by atoms with E-state index in [-0.39, 0.29) is 11.8 Å². The molecule has 0 aromatic heterocycles. The van der Waals surface area contributed by atoms with Crippen molar-refractivity contribution < 1.29 is 4.79 Å². The number of nitrogens with two attached hydrogens (primary N) is 1. The van der Waals surface area contributed by atoms with Crippen LogP contribution in [0.15, 0.2) is 18.2 Å². The molecule has 0 saturated heterocycles. The Hall–Kier alpha value is -1.35. The smallest absolute Gasteiger partial charge is 0.223 e. The molecule has 3 rings (SSSR count). The maximum Gasteiger partial charge on any atom is 0.223 e. The molecule has 2 aliphatic carbocycles. The molecule has 0 radical (unpaired) electrons. The molecule has 2 aliphatic rings. The van der Waals surface area contributed by atoms with Crippen molar-refractivity contribution in [2.24, 2.45) is 23.5 Å². The van der Waals surface area contributed by atoms with Crippen LogP contribution in [-0.2, 0) is 11.2 Å². The van der Waals surface area contributed by atoms with Crippen LogP contribution in [0.4, 0.5) is 0 Å². The first kappa shape index (κ1) is 16.5. The van der Waals surface area contributed by atoms with Gasteiger partial charge in [0.1, 0.15) is 0 Å². The minimum atomic E-state index is 0.183. The standard InChI is InChI=1S/C20H30N2O/c1-13-5-3-6-14(2)18(13)9-10-22-20(23)17-11-15-7-4-8-16(12-17)19(15)21/h3,5-6,15-17,19H,4,7-12,21H2,1-2H3,(H,22,23). The molecule has 3 nitrogen and oxygen atoms in total. The summed E-state index contributed by atoms with van der Waals surface area (Å²) >= 11 is 0. The van der Waals surface area contributed by atoms with Crippen LogP contribution in [0.2, 0.25) is 0 Å². The van der Waals surface area contributed by atoms with Crippen molar-refractivity contribution in [1.82, 2.24) is 5.32 Å². The van der Waals surface area contributed by atoms with Crippen LogP contribution in [0.1, 0.15) is 48.8 Å². The van der Waals surface area contributed by atoms with E-state index in [1.807, 2.05) is 0 Å². The second kappa shape index (κ2) is 7.04. The summed E-state index contributed by atoms with van der Waals surface area (Å²) in [6, 6.07) is 6.72. The van der Waals surface area contributed by atoms with Crippen LogP contribution < -0.4 is 11.1 Å². The molecule has 1 aromatic rings. The lowest BCUT2D eigenvalue weighted by molar-refractivity contribution is -0.127. The molecule has 3 heteroatoms. The summed E-state index contributed by atoms with van der Waals surface area (Å²) in [4.78, 5) is 12.5. The molecule has 2 unspecified atom stereocenters. The van der Waals surface area contributed by atoms with E-state index in [2.05, 4.69) is 37.4 Å².